The molecule has 0 saturated carbocycles. The van der Waals surface area contributed by atoms with Gasteiger partial charge in [0.1, 0.15) is 0 Å². The van der Waals surface area contributed by atoms with Gasteiger partial charge in [-0.3, -0.25) is 4.90 Å². The predicted octanol–water partition coefficient (Wildman–Crippen LogP) is 1.51. The molecular weight excluding hydrogens is 264 g/mol. The largest absolute Gasteiger partial charge is 0.395 e. The molecule has 19 heavy (non-hydrogen) atoms. The molecule has 0 unspecified atom stereocenters. The monoisotopic (exact) mass is 284 g/mol. The number of aliphatic hydroxyl groups excluding tert-OH is 2. The van der Waals surface area contributed by atoms with Crippen molar-refractivity contribution in [3.05, 3.63) is 28.8 Å². The van der Waals surface area contributed by atoms with Gasteiger partial charge < -0.3 is 15.1 Å². The Labute approximate surface area is 119 Å². The first-order valence-corrected chi connectivity index (χ1v) is 7.05. The molecule has 2 N–H and O–H groups in total. The molecule has 5 heteroatoms. The van der Waals surface area contributed by atoms with E-state index in [1.54, 1.807) is 6.92 Å². The number of hydrogen-bond acceptors (Lipinski definition) is 4. The predicted molar refractivity (Wildman–Crippen MR) is 77.8 cm³/mol. The highest BCUT2D eigenvalue weighted by Gasteiger charge is 2.18. The third-order valence-electron chi connectivity index (χ3n) is 3.58. The molecule has 0 spiro atoms. The second kappa shape index (κ2) is 6.57. The summed E-state index contributed by atoms with van der Waals surface area (Å²) < 4.78 is 0. The van der Waals surface area contributed by atoms with Gasteiger partial charge in [0.2, 0.25) is 0 Å². The van der Waals surface area contributed by atoms with Gasteiger partial charge in [0.25, 0.3) is 0 Å². The van der Waals surface area contributed by atoms with Gasteiger partial charge in [-0.25, -0.2) is 0 Å². The average Bonchev–Trinajstić information content (AvgIpc) is 2.40. The summed E-state index contributed by atoms with van der Waals surface area (Å²) in [5.41, 5.74) is 1.86. The molecule has 4 nitrogen and oxygen atoms in total. The number of aliphatic hydroxyl groups is 2. The molecule has 106 valence electrons. The van der Waals surface area contributed by atoms with Crippen molar-refractivity contribution in [1.29, 1.82) is 0 Å². The number of β-amino-alcohol motifs (C(OH)–C–C–N with tert-alkyl or cyclic N) is 1. The van der Waals surface area contributed by atoms with Crippen LogP contribution < -0.4 is 4.90 Å². The number of benzene rings is 1. The number of piperazine rings is 1. The molecular formula is C14H21ClN2O2. The topological polar surface area (TPSA) is 46.9 Å². The normalized spacial score (nSPS) is 18.6. The highest BCUT2D eigenvalue weighted by atomic mass is 35.5. The van der Waals surface area contributed by atoms with E-state index >= 15 is 0 Å². The minimum absolute atomic E-state index is 0.212. The number of halogens is 1. The van der Waals surface area contributed by atoms with Gasteiger partial charge in [0.05, 0.1) is 23.4 Å². The van der Waals surface area contributed by atoms with E-state index in [4.69, 9.17) is 16.7 Å². The Hall–Kier alpha value is -0.810. The first-order valence-electron chi connectivity index (χ1n) is 6.67. The first-order chi connectivity index (χ1) is 9.11. The lowest BCUT2D eigenvalue weighted by Crippen LogP contribution is -2.47. The van der Waals surface area contributed by atoms with E-state index in [-0.39, 0.29) is 6.61 Å². The van der Waals surface area contributed by atoms with Gasteiger partial charge >= 0.3 is 0 Å². The van der Waals surface area contributed by atoms with Crippen LogP contribution in [-0.4, -0.2) is 54.4 Å². The average molecular weight is 285 g/mol. The molecule has 1 aliphatic heterocycles. The van der Waals surface area contributed by atoms with Crippen molar-refractivity contribution in [3.63, 3.8) is 0 Å². The van der Waals surface area contributed by atoms with Crippen LogP contribution in [0.5, 0.6) is 0 Å². The summed E-state index contributed by atoms with van der Waals surface area (Å²) >= 11 is 6.30. The van der Waals surface area contributed by atoms with Crippen LogP contribution in [0.15, 0.2) is 18.2 Å². The second-order valence-corrected chi connectivity index (χ2v) is 5.35. The summed E-state index contributed by atoms with van der Waals surface area (Å²) in [5.74, 6) is 0. The minimum Gasteiger partial charge on any atom is -0.395 e. The maximum atomic E-state index is 9.54. The summed E-state index contributed by atoms with van der Waals surface area (Å²) in [6.45, 7) is 6.39. The van der Waals surface area contributed by atoms with E-state index in [9.17, 15) is 5.11 Å². The van der Waals surface area contributed by atoms with E-state index < -0.39 is 6.10 Å². The van der Waals surface area contributed by atoms with Crippen LogP contribution >= 0.6 is 11.6 Å². The maximum absolute atomic E-state index is 9.54. The summed E-state index contributed by atoms with van der Waals surface area (Å²) in [6.07, 6.45) is -0.493. The van der Waals surface area contributed by atoms with E-state index in [2.05, 4.69) is 9.80 Å². The van der Waals surface area contributed by atoms with E-state index in [0.717, 1.165) is 44.0 Å². The fraction of sp³-hybridized carbons (Fsp3) is 0.571. The van der Waals surface area contributed by atoms with Crippen LogP contribution in [0.25, 0.3) is 0 Å². The first kappa shape index (κ1) is 14.6. The zero-order valence-electron chi connectivity index (χ0n) is 11.2. The highest BCUT2D eigenvalue weighted by molar-refractivity contribution is 6.33. The van der Waals surface area contributed by atoms with Crippen molar-refractivity contribution in [2.24, 2.45) is 0 Å². The minimum atomic E-state index is -0.493. The summed E-state index contributed by atoms with van der Waals surface area (Å²) in [5, 5.41) is 19.2. The molecule has 1 saturated heterocycles. The molecule has 0 bridgehead atoms. The molecule has 1 aliphatic rings. The van der Waals surface area contributed by atoms with Crippen molar-refractivity contribution < 1.29 is 10.2 Å². The lowest BCUT2D eigenvalue weighted by atomic mass is 10.1. The highest BCUT2D eigenvalue weighted by Crippen LogP contribution is 2.29. The zero-order valence-corrected chi connectivity index (χ0v) is 12.0. The van der Waals surface area contributed by atoms with Crippen molar-refractivity contribution >= 4 is 17.3 Å². The summed E-state index contributed by atoms with van der Waals surface area (Å²) in [4.78, 5) is 4.50. The maximum Gasteiger partial charge on any atom is 0.0762 e. The zero-order chi connectivity index (χ0) is 13.8. The number of nitrogens with zero attached hydrogens (tertiary/aromatic N) is 2. The third-order valence-corrected chi connectivity index (χ3v) is 3.89. The van der Waals surface area contributed by atoms with Crippen LogP contribution in [0.1, 0.15) is 18.6 Å². The van der Waals surface area contributed by atoms with Crippen LogP contribution in [0.2, 0.25) is 5.02 Å². The lowest BCUT2D eigenvalue weighted by Gasteiger charge is -2.36. The third kappa shape index (κ3) is 3.60. The molecule has 2 rings (SSSR count). The van der Waals surface area contributed by atoms with Gasteiger partial charge in [-0.1, -0.05) is 17.7 Å². The molecule has 1 aromatic carbocycles. The molecule has 1 atom stereocenters. The molecule has 1 fully saturated rings. The standard InChI is InChI=1S/C14H21ClN2O2/c1-11(19)12-2-3-14(13(15)10-12)17-6-4-16(5-7-17)8-9-18/h2-3,10-11,18-19H,4-9H2,1H3/t11-/m1/s1. The van der Waals surface area contributed by atoms with Crippen LogP contribution in [0, 0.1) is 0 Å². The van der Waals surface area contributed by atoms with Gasteiger partial charge in [0, 0.05) is 32.7 Å². The van der Waals surface area contributed by atoms with Crippen molar-refractivity contribution in [3.8, 4) is 0 Å². The Morgan fingerprint density at radius 2 is 1.95 bits per heavy atom. The fourth-order valence-corrected chi connectivity index (χ4v) is 2.70. The van der Waals surface area contributed by atoms with Crippen LogP contribution in [0.4, 0.5) is 5.69 Å². The van der Waals surface area contributed by atoms with Crippen LogP contribution in [0.3, 0.4) is 0 Å². The van der Waals surface area contributed by atoms with E-state index in [1.165, 1.54) is 0 Å². The number of anilines is 1. The molecule has 0 aliphatic carbocycles. The van der Waals surface area contributed by atoms with E-state index in [0.29, 0.717) is 5.02 Å². The van der Waals surface area contributed by atoms with Crippen molar-refractivity contribution in [2.45, 2.75) is 13.0 Å². The molecule has 1 aromatic rings. The molecule has 0 aromatic heterocycles. The Bertz CT molecular complexity index is 418. The van der Waals surface area contributed by atoms with Gasteiger partial charge in [-0.05, 0) is 24.6 Å². The lowest BCUT2D eigenvalue weighted by molar-refractivity contribution is 0.189. The van der Waals surface area contributed by atoms with Crippen molar-refractivity contribution in [1.82, 2.24) is 4.90 Å². The smallest absolute Gasteiger partial charge is 0.0762 e. The van der Waals surface area contributed by atoms with Crippen molar-refractivity contribution in [2.75, 3.05) is 44.2 Å². The summed E-state index contributed by atoms with van der Waals surface area (Å²) in [6, 6.07) is 5.74. The van der Waals surface area contributed by atoms with Gasteiger partial charge in [-0.2, -0.15) is 0 Å². The van der Waals surface area contributed by atoms with E-state index in [1.807, 2.05) is 18.2 Å². The van der Waals surface area contributed by atoms with Gasteiger partial charge in [-0.15, -0.1) is 0 Å². The molecule has 0 amide bonds. The number of hydrogen-bond donors (Lipinski definition) is 2. The Kier molecular flexibility index (Phi) is 5.05. The Morgan fingerprint density at radius 3 is 2.47 bits per heavy atom. The Morgan fingerprint density at radius 1 is 1.26 bits per heavy atom. The van der Waals surface area contributed by atoms with Crippen LogP contribution in [-0.2, 0) is 0 Å². The van der Waals surface area contributed by atoms with Gasteiger partial charge in [0.15, 0.2) is 0 Å². The molecule has 0 radical (unpaired) electrons. The number of rotatable bonds is 4. The summed E-state index contributed by atoms with van der Waals surface area (Å²) in [7, 11) is 0. The quantitative estimate of drug-likeness (QED) is 0.880. The second-order valence-electron chi connectivity index (χ2n) is 4.94. The Balaban J connectivity index is 2.03. The SMILES string of the molecule is C[C@@H](O)c1ccc(N2CCN(CCO)CC2)c(Cl)c1. The fourth-order valence-electron chi connectivity index (χ4n) is 2.39. The molecule has 1 heterocycles.